The largest absolute Gasteiger partial charge is 0.370 e. The van der Waals surface area contributed by atoms with E-state index in [1.807, 2.05) is 13.1 Å². The Kier molecular flexibility index (Phi) is 4.65. The van der Waals surface area contributed by atoms with Crippen molar-refractivity contribution in [3.05, 3.63) is 29.6 Å². The maximum atomic E-state index is 12.5. The maximum absolute atomic E-state index is 12.5. The molecule has 26 heavy (non-hydrogen) atoms. The predicted molar refractivity (Wildman–Crippen MR) is 99.9 cm³/mol. The Hall–Kier alpha value is -1.66. The molecule has 0 radical (unpaired) electrons. The van der Waals surface area contributed by atoms with Gasteiger partial charge in [-0.25, -0.2) is 0 Å². The number of nitrogens with one attached hydrogen (secondary N) is 1. The zero-order chi connectivity index (χ0) is 18.3. The molecule has 0 saturated carbocycles. The van der Waals surface area contributed by atoms with E-state index in [4.69, 9.17) is 4.74 Å². The van der Waals surface area contributed by atoms with Crippen molar-refractivity contribution in [1.29, 1.82) is 0 Å². The number of carbonyl (C=O) groups is 1. The highest BCUT2D eigenvalue weighted by Crippen LogP contribution is 2.54. The van der Waals surface area contributed by atoms with Crippen LogP contribution < -0.4 is 5.32 Å². The lowest BCUT2D eigenvalue weighted by molar-refractivity contribution is 0.00348. The molecule has 1 N–H and O–H groups in total. The molecule has 4 heterocycles. The molecular formula is C20H30N4O2. The summed E-state index contributed by atoms with van der Waals surface area (Å²) in [5.41, 5.74) is 2.08. The molecule has 3 saturated heterocycles. The van der Waals surface area contributed by atoms with Gasteiger partial charge < -0.3 is 10.1 Å². The van der Waals surface area contributed by atoms with Gasteiger partial charge in [0.1, 0.15) is 0 Å². The average Bonchev–Trinajstić information content (AvgIpc) is 3.38. The van der Waals surface area contributed by atoms with E-state index >= 15 is 0 Å². The molecule has 142 valence electrons. The summed E-state index contributed by atoms with van der Waals surface area (Å²) in [7, 11) is 0. The number of fused-ring (bicyclic) bond motifs is 1. The van der Waals surface area contributed by atoms with Crippen LogP contribution >= 0.6 is 0 Å². The molecule has 2 bridgehead atoms. The van der Waals surface area contributed by atoms with Gasteiger partial charge in [-0.3, -0.25) is 14.4 Å². The van der Waals surface area contributed by atoms with Crippen molar-refractivity contribution < 1.29 is 9.53 Å². The van der Waals surface area contributed by atoms with E-state index in [0.29, 0.717) is 30.0 Å². The third-order valence-corrected chi connectivity index (χ3v) is 6.54. The quantitative estimate of drug-likeness (QED) is 0.791. The molecule has 0 aromatic carbocycles. The molecule has 4 rings (SSSR count). The predicted octanol–water partition coefficient (Wildman–Crippen LogP) is 2.08. The van der Waals surface area contributed by atoms with Gasteiger partial charge in [0.2, 0.25) is 0 Å². The highest BCUT2D eigenvalue weighted by atomic mass is 16.5. The minimum absolute atomic E-state index is 0.0267. The van der Waals surface area contributed by atoms with Crippen molar-refractivity contribution in [2.75, 3.05) is 26.2 Å². The first kappa shape index (κ1) is 17.7. The molecule has 3 fully saturated rings. The number of rotatable bonds is 6. The van der Waals surface area contributed by atoms with Gasteiger partial charge >= 0.3 is 0 Å². The number of allylic oxidation sites excluding steroid dienone is 1. The summed E-state index contributed by atoms with van der Waals surface area (Å²) in [5, 5.41) is 7.33. The van der Waals surface area contributed by atoms with Crippen molar-refractivity contribution >= 4 is 5.91 Å². The van der Waals surface area contributed by atoms with E-state index in [0.717, 1.165) is 32.6 Å². The lowest BCUT2D eigenvalue weighted by Gasteiger charge is -2.29. The first-order valence-corrected chi connectivity index (χ1v) is 9.87. The number of carbonyl (C=O) groups excluding carboxylic acids is 1. The number of aromatic nitrogens is 2. The summed E-state index contributed by atoms with van der Waals surface area (Å²) >= 11 is 0. The second kappa shape index (κ2) is 6.82. The number of hydrogen-bond acceptors (Lipinski definition) is 4. The van der Waals surface area contributed by atoms with E-state index in [2.05, 4.69) is 35.2 Å². The summed E-state index contributed by atoms with van der Waals surface area (Å²) < 4.78 is 8.25. The van der Waals surface area contributed by atoms with Crippen LogP contribution in [-0.2, 0) is 11.3 Å². The van der Waals surface area contributed by atoms with Crippen LogP contribution in [0.15, 0.2) is 24.0 Å². The van der Waals surface area contributed by atoms with Gasteiger partial charge in [0.25, 0.3) is 5.91 Å². The zero-order valence-electron chi connectivity index (χ0n) is 16.1. The lowest BCUT2D eigenvalue weighted by Crippen LogP contribution is -2.41. The van der Waals surface area contributed by atoms with E-state index in [1.165, 1.54) is 12.0 Å². The van der Waals surface area contributed by atoms with E-state index in [9.17, 15) is 4.79 Å². The lowest BCUT2D eigenvalue weighted by atomic mass is 9.73. The molecule has 1 aromatic rings. The topological polar surface area (TPSA) is 59.4 Å². The van der Waals surface area contributed by atoms with Gasteiger partial charge in [0.05, 0.1) is 23.5 Å². The minimum Gasteiger partial charge on any atom is -0.370 e. The second-order valence-electron chi connectivity index (χ2n) is 8.13. The van der Waals surface area contributed by atoms with Crippen LogP contribution in [0.5, 0.6) is 0 Å². The highest BCUT2D eigenvalue weighted by Gasteiger charge is 2.62. The van der Waals surface area contributed by atoms with Crippen LogP contribution in [0.2, 0.25) is 0 Å². The Labute approximate surface area is 155 Å². The third-order valence-electron chi connectivity index (χ3n) is 6.54. The molecule has 3 aliphatic rings. The van der Waals surface area contributed by atoms with Crippen LogP contribution in [0.4, 0.5) is 0 Å². The zero-order valence-corrected chi connectivity index (χ0v) is 16.1. The fraction of sp³-hybridized carbons (Fsp3) is 0.700. The van der Waals surface area contributed by atoms with Gasteiger partial charge in [0.15, 0.2) is 0 Å². The molecule has 6 heteroatoms. The Morgan fingerprint density at radius 1 is 1.54 bits per heavy atom. The molecular weight excluding hydrogens is 328 g/mol. The number of likely N-dealkylation sites (tertiary alicyclic amines) is 1. The Balaban J connectivity index is 1.39. The molecule has 1 spiro atoms. The molecule has 1 aromatic heterocycles. The van der Waals surface area contributed by atoms with Crippen molar-refractivity contribution in [3.8, 4) is 0 Å². The molecule has 0 unspecified atom stereocenters. The first-order chi connectivity index (χ1) is 12.5. The van der Waals surface area contributed by atoms with Crippen molar-refractivity contribution in [2.24, 2.45) is 11.8 Å². The third kappa shape index (κ3) is 2.99. The highest BCUT2D eigenvalue weighted by molar-refractivity contribution is 5.93. The molecule has 0 aliphatic carbocycles. The number of aryl methyl sites for hydroxylation is 1. The van der Waals surface area contributed by atoms with E-state index in [-0.39, 0.29) is 11.5 Å². The van der Waals surface area contributed by atoms with Gasteiger partial charge in [-0.1, -0.05) is 11.6 Å². The van der Waals surface area contributed by atoms with Gasteiger partial charge in [-0.2, -0.15) is 5.10 Å². The van der Waals surface area contributed by atoms with Crippen LogP contribution in [0.1, 0.15) is 44.0 Å². The molecule has 4 atom stereocenters. The van der Waals surface area contributed by atoms with Crippen LogP contribution in [0.3, 0.4) is 0 Å². The van der Waals surface area contributed by atoms with E-state index < -0.39 is 0 Å². The minimum atomic E-state index is -0.0267. The number of nitrogens with zero attached hydrogens (tertiary/aromatic N) is 3. The maximum Gasteiger partial charge on any atom is 0.254 e. The summed E-state index contributed by atoms with van der Waals surface area (Å²) in [6.45, 7) is 10.9. The standard InChI is InChI=1S/C20H30N4O2/c1-4-14(3)10-23-12-17-16(18-6-7-20(17,13-23)26-18)9-21-19(25)15-8-22-24(5-2)11-15/h4,8,11,16-18H,5-7,9-10,12-13H2,1-3H3,(H,21,25)/b14-4+/t16-,17+,18+,20+/m0/s1. The summed E-state index contributed by atoms with van der Waals surface area (Å²) in [6, 6.07) is 0. The van der Waals surface area contributed by atoms with Crippen LogP contribution in [0, 0.1) is 11.8 Å². The monoisotopic (exact) mass is 358 g/mol. The smallest absolute Gasteiger partial charge is 0.254 e. The number of hydrogen-bond donors (Lipinski definition) is 1. The molecule has 6 nitrogen and oxygen atoms in total. The number of amides is 1. The number of ether oxygens (including phenoxy) is 1. The van der Waals surface area contributed by atoms with E-state index in [1.54, 1.807) is 10.9 Å². The van der Waals surface area contributed by atoms with Crippen LogP contribution in [-0.4, -0.2) is 58.5 Å². The van der Waals surface area contributed by atoms with Crippen molar-refractivity contribution in [1.82, 2.24) is 20.0 Å². The summed E-state index contributed by atoms with van der Waals surface area (Å²) in [5.74, 6) is 0.926. The SMILES string of the molecule is C/C=C(\C)CN1C[C@@H]2[C@H](CNC(=O)c3cnn(CC)c3)[C@H]3CC[C@]2(C1)O3. The van der Waals surface area contributed by atoms with Crippen molar-refractivity contribution in [3.63, 3.8) is 0 Å². The van der Waals surface area contributed by atoms with Crippen molar-refractivity contribution in [2.45, 2.75) is 51.9 Å². The normalized spacial score (nSPS) is 33.7. The Morgan fingerprint density at radius 2 is 2.38 bits per heavy atom. The Bertz CT molecular complexity index is 712. The van der Waals surface area contributed by atoms with Gasteiger partial charge in [0, 0.05) is 50.8 Å². The van der Waals surface area contributed by atoms with Gasteiger partial charge in [-0.05, 0) is 33.6 Å². The first-order valence-electron chi connectivity index (χ1n) is 9.87. The van der Waals surface area contributed by atoms with Gasteiger partial charge in [-0.15, -0.1) is 0 Å². The molecule has 1 amide bonds. The molecule has 3 aliphatic heterocycles. The summed E-state index contributed by atoms with van der Waals surface area (Å²) in [6.07, 6.45) is 8.25. The average molecular weight is 358 g/mol. The second-order valence-corrected chi connectivity index (χ2v) is 8.13. The Morgan fingerprint density at radius 3 is 3.12 bits per heavy atom. The fourth-order valence-corrected chi connectivity index (χ4v) is 5.09. The van der Waals surface area contributed by atoms with Crippen LogP contribution in [0.25, 0.3) is 0 Å². The summed E-state index contributed by atoms with van der Waals surface area (Å²) in [4.78, 5) is 15.0. The fourth-order valence-electron chi connectivity index (χ4n) is 5.09.